The van der Waals surface area contributed by atoms with Crippen LogP contribution in [0.4, 0.5) is 0 Å². The highest BCUT2D eigenvalue weighted by Gasteiger charge is 2.27. The van der Waals surface area contributed by atoms with Crippen LogP contribution in [0.1, 0.15) is 36.8 Å². The fourth-order valence-electron chi connectivity index (χ4n) is 4.81. The number of amides is 1. The van der Waals surface area contributed by atoms with Crippen molar-refractivity contribution in [1.29, 1.82) is 0 Å². The number of aromatic nitrogens is 3. The van der Waals surface area contributed by atoms with Crippen molar-refractivity contribution in [3.05, 3.63) is 82.8 Å². The van der Waals surface area contributed by atoms with Gasteiger partial charge in [0.25, 0.3) is 5.91 Å². The summed E-state index contributed by atoms with van der Waals surface area (Å²) >= 11 is 0. The van der Waals surface area contributed by atoms with E-state index in [2.05, 4.69) is 29.9 Å². The third-order valence-corrected chi connectivity index (χ3v) is 6.62. The molecule has 0 bridgehead atoms. The summed E-state index contributed by atoms with van der Waals surface area (Å²) in [4.78, 5) is 22.1. The smallest absolute Gasteiger partial charge is 0.255 e. The molecule has 0 radical (unpaired) electrons. The van der Waals surface area contributed by atoms with Gasteiger partial charge in [0.15, 0.2) is 0 Å². The van der Waals surface area contributed by atoms with Crippen molar-refractivity contribution in [1.82, 2.24) is 24.4 Å². The average Bonchev–Trinajstić information content (AvgIpc) is 3.17. The molecule has 32 heavy (non-hydrogen) atoms. The molecule has 3 aliphatic rings. The largest absolute Gasteiger partial charge is 0.306 e. The Bertz CT molecular complexity index is 1250. The highest BCUT2D eigenvalue weighted by Crippen LogP contribution is 2.33. The van der Waals surface area contributed by atoms with Crippen molar-refractivity contribution in [2.45, 2.75) is 33.6 Å². The molecular weight excluding hydrogens is 398 g/mol. The fraction of sp³-hybridized carbons (Fsp3) is 0.346. The average molecular weight is 428 g/mol. The summed E-state index contributed by atoms with van der Waals surface area (Å²) in [5.74, 6) is 0.452. The van der Waals surface area contributed by atoms with Gasteiger partial charge in [-0.1, -0.05) is 18.2 Å². The number of carbonyl (C=O) groups is 1. The van der Waals surface area contributed by atoms with Gasteiger partial charge in [-0.25, -0.2) is 4.52 Å². The van der Waals surface area contributed by atoms with Crippen LogP contribution >= 0.6 is 0 Å². The highest BCUT2D eigenvalue weighted by atomic mass is 16.2. The second-order valence-corrected chi connectivity index (χ2v) is 9.08. The minimum atomic E-state index is -0.0449. The fourth-order valence-corrected chi connectivity index (χ4v) is 4.81. The third-order valence-electron chi connectivity index (χ3n) is 6.62. The number of fused-ring (bicyclic) bond motifs is 2. The van der Waals surface area contributed by atoms with Crippen LogP contribution in [-0.4, -0.2) is 50.4 Å². The Morgan fingerprint density at radius 1 is 1.09 bits per heavy atom. The van der Waals surface area contributed by atoms with Crippen molar-refractivity contribution >= 4 is 17.0 Å². The minimum absolute atomic E-state index is 0.0449. The number of aryl methyl sites for hydroxylation is 2. The minimum Gasteiger partial charge on any atom is -0.306 e. The van der Waals surface area contributed by atoms with Crippen LogP contribution in [0, 0.1) is 19.8 Å². The molecular formula is C26H29N5O. The maximum atomic E-state index is 13.4. The van der Waals surface area contributed by atoms with Gasteiger partial charge < -0.3 is 4.90 Å². The van der Waals surface area contributed by atoms with Crippen molar-refractivity contribution in [2.75, 3.05) is 20.1 Å². The molecule has 0 aliphatic carbocycles. The van der Waals surface area contributed by atoms with Crippen LogP contribution in [0.2, 0.25) is 0 Å². The van der Waals surface area contributed by atoms with E-state index in [1.54, 1.807) is 11.0 Å². The van der Waals surface area contributed by atoms with E-state index in [1.165, 1.54) is 5.57 Å². The maximum Gasteiger partial charge on any atom is 0.255 e. The molecule has 0 atom stereocenters. The summed E-state index contributed by atoms with van der Waals surface area (Å²) in [7, 11) is 2.17. The number of carbonyl (C=O) groups excluding carboxylic acids is 1. The SMILES string of the molecule is CC1=CC(C2CCN(C)CC2)=CN2C(=O)/C=C(c3cc4c(C)nc(C)cn4n3)\C=C\C=C12. The van der Waals surface area contributed by atoms with Gasteiger partial charge in [-0.2, -0.15) is 5.10 Å². The van der Waals surface area contributed by atoms with Gasteiger partial charge in [0.05, 0.1) is 34.5 Å². The molecule has 6 heteroatoms. The molecule has 0 N–H and O–H groups in total. The van der Waals surface area contributed by atoms with E-state index in [-0.39, 0.29) is 5.91 Å². The monoisotopic (exact) mass is 427 g/mol. The van der Waals surface area contributed by atoms with Crippen molar-refractivity contribution in [3.63, 3.8) is 0 Å². The molecule has 0 saturated carbocycles. The van der Waals surface area contributed by atoms with Crippen LogP contribution in [0.15, 0.2) is 65.7 Å². The van der Waals surface area contributed by atoms with Crippen LogP contribution < -0.4 is 0 Å². The van der Waals surface area contributed by atoms with E-state index in [4.69, 9.17) is 5.10 Å². The number of piperidine rings is 1. The van der Waals surface area contributed by atoms with Crippen molar-refractivity contribution in [2.24, 2.45) is 5.92 Å². The van der Waals surface area contributed by atoms with Gasteiger partial charge >= 0.3 is 0 Å². The molecule has 3 aliphatic heterocycles. The van der Waals surface area contributed by atoms with Gasteiger partial charge in [0.1, 0.15) is 0 Å². The Balaban J connectivity index is 1.51. The van der Waals surface area contributed by atoms with E-state index >= 15 is 0 Å². The number of allylic oxidation sites excluding steroid dienone is 7. The molecule has 5 rings (SSSR count). The lowest BCUT2D eigenvalue weighted by atomic mass is 9.86. The van der Waals surface area contributed by atoms with Crippen LogP contribution in [0.25, 0.3) is 11.1 Å². The molecule has 2 aromatic rings. The first-order valence-corrected chi connectivity index (χ1v) is 11.3. The molecule has 164 valence electrons. The Hall–Kier alpha value is -3.25. The van der Waals surface area contributed by atoms with E-state index in [0.717, 1.165) is 65.4 Å². The quantitative estimate of drug-likeness (QED) is 0.721. The van der Waals surface area contributed by atoms with E-state index in [9.17, 15) is 4.79 Å². The highest BCUT2D eigenvalue weighted by molar-refractivity contribution is 6.00. The molecule has 1 fully saturated rings. The Morgan fingerprint density at radius 3 is 2.66 bits per heavy atom. The van der Waals surface area contributed by atoms with Gasteiger partial charge in [-0.15, -0.1) is 0 Å². The summed E-state index contributed by atoms with van der Waals surface area (Å²) in [5.41, 5.74) is 7.67. The summed E-state index contributed by atoms with van der Waals surface area (Å²) < 4.78 is 1.85. The predicted molar refractivity (Wildman–Crippen MR) is 127 cm³/mol. The number of hydrogen-bond acceptors (Lipinski definition) is 4. The van der Waals surface area contributed by atoms with Crippen molar-refractivity contribution in [3.8, 4) is 0 Å². The van der Waals surface area contributed by atoms with Gasteiger partial charge in [0.2, 0.25) is 0 Å². The topological polar surface area (TPSA) is 53.7 Å². The lowest BCUT2D eigenvalue weighted by Crippen LogP contribution is -2.33. The third kappa shape index (κ3) is 3.75. The number of nitrogens with zero attached hydrogens (tertiary/aromatic N) is 5. The number of hydrogen-bond donors (Lipinski definition) is 0. The van der Waals surface area contributed by atoms with Gasteiger partial charge in [-0.3, -0.25) is 14.7 Å². The van der Waals surface area contributed by atoms with E-state index < -0.39 is 0 Å². The normalized spacial score (nSPS) is 23.0. The number of rotatable bonds is 2. The maximum absolute atomic E-state index is 13.4. The summed E-state index contributed by atoms with van der Waals surface area (Å²) in [6.45, 7) is 8.22. The molecule has 1 saturated heterocycles. The molecule has 6 nitrogen and oxygen atoms in total. The first kappa shape index (κ1) is 20.6. The van der Waals surface area contributed by atoms with Crippen LogP contribution in [0.3, 0.4) is 0 Å². The van der Waals surface area contributed by atoms with Crippen LogP contribution in [-0.2, 0) is 4.79 Å². The van der Waals surface area contributed by atoms with Crippen molar-refractivity contribution < 1.29 is 4.79 Å². The molecule has 5 heterocycles. The molecule has 0 unspecified atom stereocenters. The van der Waals surface area contributed by atoms with Crippen LogP contribution in [0.5, 0.6) is 0 Å². The summed E-state index contributed by atoms with van der Waals surface area (Å²) in [5, 5.41) is 4.71. The molecule has 0 aromatic carbocycles. The zero-order chi connectivity index (χ0) is 22.4. The molecule has 0 spiro atoms. The zero-order valence-corrected chi connectivity index (χ0v) is 19.2. The summed E-state index contributed by atoms with van der Waals surface area (Å²) in [6.07, 6.45) is 16.2. The lowest BCUT2D eigenvalue weighted by Gasteiger charge is -2.34. The Labute approximate surface area is 188 Å². The Kier molecular flexibility index (Phi) is 5.18. The lowest BCUT2D eigenvalue weighted by molar-refractivity contribution is -0.122. The standard InChI is InChI=1S/C26H29N5O/c1-17-12-22(20-8-10-29(4)11-9-20)16-30-24(17)7-5-6-21(13-26(30)32)23-14-25-19(3)27-18(2)15-31(25)28-23/h5-7,12-16,20H,8-11H2,1-4H3/b6-5+,21-13+,24-7?. The van der Waals surface area contributed by atoms with E-state index in [1.807, 2.05) is 55.1 Å². The predicted octanol–water partition coefficient (Wildman–Crippen LogP) is 4.20. The molecule has 2 aromatic heterocycles. The second kappa shape index (κ2) is 8.02. The van der Waals surface area contributed by atoms with Gasteiger partial charge in [0, 0.05) is 17.8 Å². The Morgan fingerprint density at radius 2 is 1.88 bits per heavy atom. The first-order chi connectivity index (χ1) is 15.4. The molecule has 1 amide bonds. The first-order valence-electron chi connectivity index (χ1n) is 11.3. The second-order valence-electron chi connectivity index (χ2n) is 9.08. The van der Waals surface area contributed by atoms with Gasteiger partial charge in [-0.05, 0) is 83.0 Å². The summed E-state index contributed by atoms with van der Waals surface area (Å²) in [6, 6.07) is 2.00. The zero-order valence-electron chi connectivity index (χ0n) is 19.2. The van der Waals surface area contributed by atoms with E-state index in [0.29, 0.717) is 5.92 Å². The number of likely N-dealkylation sites (tertiary alicyclic amines) is 1.